The number of amides is 2. The van der Waals surface area contributed by atoms with Crippen molar-refractivity contribution in [2.24, 2.45) is 0 Å². The summed E-state index contributed by atoms with van der Waals surface area (Å²) >= 11 is 5.76. The number of benzene rings is 2. The lowest BCUT2D eigenvalue weighted by Crippen LogP contribution is -2.39. The third kappa shape index (κ3) is 6.84. The van der Waals surface area contributed by atoms with Crippen molar-refractivity contribution in [2.75, 3.05) is 26.3 Å². The number of hydrogen-bond donors (Lipinski definition) is 2. The molecule has 0 bridgehead atoms. The second-order valence-corrected chi connectivity index (χ2v) is 5.35. The van der Waals surface area contributed by atoms with E-state index < -0.39 is 11.6 Å². The van der Waals surface area contributed by atoms with Crippen molar-refractivity contribution < 1.29 is 23.0 Å². The maximum Gasteiger partial charge on any atom is 0.315 e. The van der Waals surface area contributed by atoms with Gasteiger partial charge >= 0.3 is 6.03 Å². The van der Waals surface area contributed by atoms with Gasteiger partial charge in [0.25, 0.3) is 0 Å². The van der Waals surface area contributed by atoms with E-state index in [1.54, 1.807) is 24.3 Å². The molecular weight excluding hydrogens is 354 g/mol. The van der Waals surface area contributed by atoms with E-state index in [-0.39, 0.29) is 24.9 Å². The number of urea groups is 1. The van der Waals surface area contributed by atoms with Crippen LogP contribution in [0.2, 0.25) is 5.02 Å². The molecule has 0 saturated carbocycles. The number of rotatable bonds is 8. The summed E-state index contributed by atoms with van der Waals surface area (Å²) in [5.41, 5.74) is 0. The van der Waals surface area contributed by atoms with Gasteiger partial charge in [0.05, 0.1) is 13.1 Å². The summed E-state index contributed by atoms with van der Waals surface area (Å²) in [6.07, 6.45) is 0. The third-order valence-electron chi connectivity index (χ3n) is 3.02. The van der Waals surface area contributed by atoms with Gasteiger partial charge in [-0.05, 0) is 36.4 Å². The van der Waals surface area contributed by atoms with Gasteiger partial charge in [-0.3, -0.25) is 0 Å². The van der Waals surface area contributed by atoms with Crippen LogP contribution in [0.25, 0.3) is 0 Å². The van der Waals surface area contributed by atoms with Gasteiger partial charge in [0.1, 0.15) is 24.7 Å². The van der Waals surface area contributed by atoms with Crippen LogP contribution in [0.3, 0.4) is 0 Å². The predicted octanol–water partition coefficient (Wildman–Crippen LogP) is 3.38. The summed E-state index contributed by atoms with van der Waals surface area (Å²) in [5.74, 6) is -1.07. The molecule has 0 spiro atoms. The Morgan fingerprint density at radius 1 is 0.880 bits per heavy atom. The molecule has 2 amide bonds. The lowest BCUT2D eigenvalue weighted by Gasteiger charge is -2.10. The molecule has 0 unspecified atom stereocenters. The Hall–Kier alpha value is -2.54. The molecule has 0 fully saturated rings. The summed E-state index contributed by atoms with van der Waals surface area (Å²) in [4.78, 5) is 11.5. The van der Waals surface area contributed by atoms with E-state index >= 15 is 0 Å². The molecule has 5 nitrogen and oxygen atoms in total. The van der Waals surface area contributed by atoms with Gasteiger partial charge in [0.2, 0.25) is 0 Å². The summed E-state index contributed by atoms with van der Waals surface area (Å²) in [5, 5.41) is 5.80. The molecule has 0 aromatic heterocycles. The fourth-order valence-electron chi connectivity index (χ4n) is 1.83. The first-order valence-corrected chi connectivity index (χ1v) is 7.90. The van der Waals surface area contributed by atoms with Crippen molar-refractivity contribution in [2.45, 2.75) is 0 Å². The van der Waals surface area contributed by atoms with E-state index in [9.17, 15) is 13.6 Å². The molecule has 0 heterocycles. The fraction of sp³-hybridized carbons (Fsp3) is 0.235. The summed E-state index contributed by atoms with van der Waals surface area (Å²) in [7, 11) is 0. The monoisotopic (exact) mass is 370 g/mol. The molecule has 25 heavy (non-hydrogen) atoms. The van der Waals surface area contributed by atoms with Gasteiger partial charge in [-0.2, -0.15) is 0 Å². The molecule has 8 heteroatoms. The van der Waals surface area contributed by atoms with Crippen LogP contribution in [0.15, 0.2) is 42.5 Å². The number of carbonyl (C=O) groups is 1. The van der Waals surface area contributed by atoms with Gasteiger partial charge in [0, 0.05) is 11.1 Å². The Morgan fingerprint density at radius 2 is 1.44 bits per heavy atom. The van der Waals surface area contributed by atoms with Crippen molar-refractivity contribution >= 4 is 17.6 Å². The minimum absolute atomic E-state index is 0.125. The molecule has 134 valence electrons. The van der Waals surface area contributed by atoms with Crippen LogP contribution < -0.4 is 20.1 Å². The quantitative estimate of drug-likeness (QED) is 0.700. The molecule has 0 saturated heterocycles. The van der Waals surface area contributed by atoms with Gasteiger partial charge in [-0.25, -0.2) is 13.6 Å². The van der Waals surface area contributed by atoms with E-state index in [4.69, 9.17) is 21.1 Å². The number of carbonyl (C=O) groups excluding carboxylic acids is 1. The standard InChI is InChI=1S/C17H17ClF2N2O3/c18-12-1-3-13(4-2-12)24-9-7-21-17(23)22-8-10-25-14-5-6-15(19)16(20)11-14/h1-6,11H,7-10H2,(H2,21,22,23). The second kappa shape index (κ2) is 9.68. The first kappa shape index (κ1) is 18.8. The minimum Gasteiger partial charge on any atom is -0.492 e. The molecule has 0 aliphatic carbocycles. The van der Waals surface area contributed by atoms with Gasteiger partial charge in [-0.15, -0.1) is 0 Å². The molecule has 0 aliphatic heterocycles. The average Bonchev–Trinajstić information content (AvgIpc) is 2.60. The minimum atomic E-state index is -0.983. The topological polar surface area (TPSA) is 59.6 Å². The smallest absolute Gasteiger partial charge is 0.315 e. The van der Waals surface area contributed by atoms with Crippen molar-refractivity contribution in [3.8, 4) is 11.5 Å². The zero-order chi connectivity index (χ0) is 18.1. The number of ether oxygens (including phenoxy) is 2. The van der Waals surface area contributed by atoms with Crippen LogP contribution in [0.1, 0.15) is 0 Å². The maximum atomic E-state index is 13.0. The largest absolute Gasteiger partial charge is 0.492 e. The maximum absolute atomic E-state index is 13.0. The lowest BCUT2D eigenvalue weighted by molar-refractivity contribution is 0.232. The number of halogens is 3. The molecule has 2 aromatic carbocycles. The fourth-order valence-corrected chi connectivity index (χ4v) is 1.95. The van der Waals surface area contributed by atoms with Gasteiger partial charge < -0.3 is 20.1 Å². The molecule has 0 aliphatic rings. The Kier molecular flexibility index (Phi) is 7.28. The SMILES string of the molecule is O=C(NCCOc1ccc(Cl)cc1)NCCOc1ccc(F)c(F)c1. The number of nitrogens with one attached hydrogen (secondary N) is 2. The molecule has 2 rings (SSSR count). The Bertz CT molecular complexity index is 699. The Morgan fingerprint density at radius 3 is 2.04 bits per heavy atom. The molecule has 2 aromatic rings. The van der Waals surface area contributed by atoms with Gasteiger partial charge in [-0.1, -0.05) is 11.6 Å². The summed E-state index contributed by atoms with van der Waals surface area (Å²) in [6, 6.07) is 9.75. The Balaban J connectivity index is 1.54. The molecular formula is C17H17ClF2N2O3. The van der Waals surface area contributed by atoms with Crippen molar-refractivity contribution in [1.82, 2.24) is 10.6 Å². The van der Waals surface area contributed by atoms with Crippen LogP contribution in [-0.2, 0) is 0 Å². The van der Waals surface area contributed by atoms with Crippen molar-refractivity contribution in [3.63, 3.8) is 0 Å². The zero-order valence-electron chi connectivity index (χ0n) is 13.2. The van der Waals surface area contributed by atoms with E-state index in [1.165, 1.54) is 6.07 Å². The van der Waals surface area contributed by atoms with E-state index in [0.717, 1.165) is 12.1 Å². The lowest BCUT2D eigenvalue weighted by atomic mass is 10.3. The predicted molar refractivity (Wildman–Crippen MR) is 90.2 cm³/mol. The zero-order valence-corrected chi connectivity index (χ0v) is 14.0. The highest BCUT2D eigenvalue weighted by atomic mass is 35.5. The van der Waals surface area contributed by atoms with Gasteiger partial charge in [0.15, 0.2) is 11.6 Å². The van der Waals surface area contributed by atoms with Crippen LogP contribution in [-0.4, -0.2) is 32.3 Å². The van der Waals surface area contributed by atoms with Crippen molar-refractivity contribution in [1.29, 1.82) is 0 Å². The molecule has 0 atom stereocenters. The highest BCUT2D eigenvalue weighted by molar-refractivity contribution is 6.30. The Labute approximate surface area is 148 Å². The second-order valence-electron chi connectivity index (χ2n) is 4.91. The molecule has 0 radical (unpaired) electrons. The number of hydrogen-bond acceptors (Lipinski definition) is 3. The third-order valence-corrected chi connectivity index (χ3v) is 3.27. The summed E-state index contributed by atoms with van der Waals surface area (Å²) < 4.78 is 36.4. The average molecular weight is 371 g/mol. The van der Waals surface area contributed by atoms with Crippen LogP contribution in [0.5, 0.6) is 11.5 Å². The van der Waals surface area contributed by atoms with E-state index in [2.05, 4.69) is 10.6 Å². The van der Waals surface area contributed by atoms with Crippen molar-refractivity contribution in [3.05, 3.63) is 59.1 Å². The van der Waals surface area contributed by atoms with Crippen LogP contribution >= 0.6 is 11.6 Å². The first-order chi connectivity index (χ1) is 12.0. The highest BCUT2D eigenvalue weighted by Crippen LogP contribution is 2.15. The summed E-state index contributed by atoms with van der Waals surface area (Å²) in [6.45, 7) is 0.960. The van der Waals surface area contributed by atoms with Crippen LogP contribution in [0, 0.1) is 11.6 Å². The van der Waals surface area contributed by atoms with E-state index in [0.29, 0.717) is 23.9 Å². The highest BCUT2D eigenvalue weighted by Gasteiger charge is 2.04. The first-order valence-electron chi connectivity index (χ1n) is 7.52. The van der Waals surface area contributed by atoms with E-state index in [1.807, 2.05) is 0 Å². The normalized spacial score (nSPS) is 10.2. The molecule has 2 N–H and O–H groups in total. The van der Waals surface area contributed by atoms with Crippen LogP contribution in [0.4, 0.5) is 13.6 Å².